The first-order chi connectivity index (χ1) is 15.6. The van der Waals surface area contributed by atoms with Crippen LogP contribution in [0.25, 0.3) is 0 Å². The molecule has 0 unspecified atom stereocenters. The van der Waals surface area contributed by atoms with Crippen LogP contribution in [-0.4, -0.2) is 61.3 Å². The summed E-state index contributed by atoms with van der Waals surface area (Å²) in [5.74, 6) is -1.30. The number of halogens is 1. The summed E-state index contributed by atoms with van der Waals surface area (Å²) in [5, 5.41) is 2.56. The van der Waals surface area contributed by atoms with Crippen LogP contribution in [0.5, 0.6) is 0 Å². The lowest BCUT2D eigenvalue weighted by Gasteiger charge is -2.36. The molecule has 0 aliphatic carbocycles. The number of ether oxygens (including phenoxy) is 2. The minimum Gasteiger partial charge on any atom is -0.452 e. The van der Waals surface area contributed by atoms with Gasteiger partial charge in [-0.05, 0) is 51.1 Å². The van der Waals surface area contributed by atoms with Gasteiger partial charge in [-0.1, -0.05) is 18.2 Å². The van der Waals surface area contributed by atoms with E-state index in [1.165, 1.54) is 18.2 Å². The van der Waals surface area contributed by atoms with E-state index >= 15 is 0 Å². The van der Waals surface area contributed by atoms with Crippen molar-refractivity contribution in [1.29, 1.82) is 0 Å². The van der Waals surface area contributed by atoms with Gasteiger partial charge in [-0.15, -0.1) is 0 Å². The summed E-state index contributed by atoms with van der Waals surface area (Å²) in [7, 11) is 0. The lowest BCUT2D eigenvalue weighted by atomic mass is 10.2. The number of hydrogen-bond acceptors (Lipinski definition) is 6. The Morgan fingerprint density at radius 3 is 2.36 bits per heavy atom. The number of rotatable bonds is 5. The highest BCUT2D eigenvalue weighted by atomic mass is 19.1. The van der Waals surface area contributed by atoms with Crippen molar-refractivity contribution in [3.05, 3.63) is 59.9 Å². The number of nitrogens with zero attached hydrogens (tertiary/aromatic N) is 2. The quantitative estimate of drug-likeness (QED) is 0.690. The Hall–Kier alpha value is -3.62. The zero-order valence-corrected chi connectivity index (χ0v) is 19.0. The maximum Gasteiger partial charge on any atom is 0.412 e. The van der Waals surface area contributed by atoms with Gasteiger partial charge < -0.3 is 19.3 Å². The summed E-state index contributed by atoms with van der Waals surface area (Å²) < 4.78 is 24.3. The van der Waals surface area contributed by atoms with Crippen molar-refractivity contribution in [1.82, 2.24) is 4.90 Å². The van der Waals surface area contributed by atoms with Crippen LogP contribution < -0.4 is 10.2 Å². The van der Waals surface area contributed by atoms with Crippen LogP contribution in [0.3, 0.4) is 0 Å². The molecule has 8 nitrogen and oxygen atoms in total. The lowest BCUT2D eigenvalue weighted by Crippen LogP contribution is -2.50. The van der Waals surface area contributed by atoms with E-state index in [-0.39, 0.29) is 17.3 Å². The van der Waals surface area contributed by atoms with Gasteiger partial charge in [0.05, 0.1) is 11.3 Å². The zero-order valence-electron chi connectivity index (χ0n) is 19.0. The number of piperazine rings is 1. The number of benzene rings is 2. The van der Waals surface area contributed by atoms with Crippen LogP contribution in [0.2, 0.25) is 0 Å². The number of carbonyl (C=O) groups is 3. The normalized spacial score (nSPS) is 13.9. The van der Waals surface area contributed by atoms with Crippen molar-refractivity contribution in [3.8, 4) is 0 Å². The summed E-state index contributed by atoms with van der Waals surface area (Å²) in [6, 6.07) is 12.7. The molecule has 0 aromatic heterocycles. The largest absolute Gasteiger partial charge is 0.452 e. The first-order valence-corrected chi connectivity index (χ1v) is 10.7. The highest BCUT2D eigenvalue weighted by Gasteiger charge is 2.24. The third-order valence-corrected chi connectivity index (χ3v) is 4.90. The van der Waals surface area contributed by atoms with Crippen molar-refractivity contribution in [2.75, 3.05) is 43.0 Å². The highest BCUT2D eigenvalue weighted by Crippen LogP contribution is 2.20. The van der Waals surface area contributed by atoms with Gasteiger partial charge in [0, 0.05) is 31.9 Å². The Balaban J connectivity index is 1.48. The first kappa shape index (κ1) is 24.0. The van der Waals surface area contributed by atoms with E-state index in [0.29, 0.717) is 37.6 Å². The lowest BCUT2D eigenvalue weighted by molar-refractivity contribution is -0.134. The molecule has 1 fully saturated rings. The number of amides is 2. The van der Waals surface area contributed by atoms with E-state index in [1.807, 2.05) is 4.90 Å². The predicted octanol–water partition coefficient (Wildman–Crippen LogP) is 3.68. The molecule has 0 bridgehead atoms. The molecular weight excluding hydrogens is 429 g/mol. The van der Waals surface area contributed by atoms with Gasteiger partial charge >= 0.3 is 12.1 Å². The van der Waals surface area contributed by atoms with Crippen LogP contribution in [0.15, 0.2) is 48.5 Å². The van der Waals surface area contributed by atoms with Crippen LogP contribution in [-0.2, 0) is 14.3 Å². The topological polar surface area (TPSA) is 88.2 Å². The third-order valence-electron chi connectivity index (χ3n) is 4.90. The number of hydrogen-bond donors (Lipinski definition) is 1. The van der Waals surface area contributed by atoms with Crippen molar-refractivity contribution >= 4 is 29.3 Å². The molecular formula is C24H28FN3O5. The first-order valence-electron chi connectivity index (χ1n) is 10.7. The molecule has 0 radical (unpaired) electrons. The molecule has 0 saturated carbocycles. The smallest absolute Gasteiger partial charge is 0.412 e. The molecule has 1 heterocycles. The number of esters is 1. The van der Waals surface area contributed by atoms with E-state index in [2.05, 4.69) is 5.32 Å². The second-order valence-electron chi connectivity index (χ2n) is 8.60. The maximum absolute atomic E-state index is 14.0. The van der Waals surface area contributed by atoms with E-state index in [4.69, 9.17) is 9.47 Å². The number of para-hydroxylation sites is 1. The third kappa shape index (κ3) is 6.93. The molecule has 3 rings (SSSR count). The van der Waals surface area contributed by atoms with Crippen molar-refractivity contribution < 1.29 is 28.2 Å². The van der Waals surface area contributed by atoms with Gasteiger partial charge in [-0.25, -0.2) is 14.0 Å². The van der Waals surface area contributed by atoms with Crippen LogP contribution in [0, 0.1) is 5.82 Å². The molecule has 1 N–H and O–H groups in total. The Morgan fingerprint density at radius 2 is 1.70 bits per heavy atom. The molecule has 2 aromatic carbocycles. The molecule has 33 heavy (non-hydrogen) atoms. The average molecular weight is 458 g/mol. The van der Waals surface area contributed by atoms with Gasteiger partial charge in [0.2, 0.25) is 0 Å². The fourth-order valence-electron chi connectivity index (χ4n) is 3.35. The molecule has 0 atom stereocenters. The molecule has 0 spiro atoms. The Kier molecular flexibility index (Phi) is 7.52. The maximum atomic E-state index is 14.0. The Morgan fingerprint density at radius 1 is 1.00 bits per heavy atom. The molecule has 9 heteroatoms. The van der Waals surface area contributed by atoms with Crippen molar-refractivity contribution in [2.24, 2.45) is 0 Å². The Bertz CT molecular complexity index is 1010. The van der Waals surface area contributed by atoms with Gasteiger partial charge in [-0.3, -0.25) is 10.1 Å². The minimum atomic E-state index is -0.679. The summed E-state index contributed by atoms with van der Waals surface area (Å²) in [4.78, 5) is 40.2. The fourth-order valence-corrected chi connectivity index (χ4v) is 3.35. The number of anilines is 2. The van der Waals surface area contributed by atoms with Crippen molar-refractivity contribution in [2.45, 2.75) is 26.4 Å². The van der Waals surface area contributed by atoms with Crippen LogP contribution in [0.1, 0.15) is 31.1 Å². The van der Waals surface area contributed by atoms with Crippen molar-refractivity contribution in [3.63, 3.8) is 0 Å². The van der Waals surface area contributed by atoms with Gasteiger partial charge in [0.15, 0.2) is 6.61 Å². The monoisotopic (exact) mass is 457 g/mol. The Labute approximate surface area is 192 Å². The molecule has 2 amide bonds. The SMILES string of the molecule is CC(C)(C)OC(=O)Nc1cccc(C(=O)OCC(=O)N2CCN(c3ccccc3F)CC2)c1. The van der Waals surface area contributed by atoms with Crippen LogP contribution in [0.4, 0.5) is 20.6 Å². The highest BCUT2D eigenvalue weighted by molar-refractivity contribution is 5.93. The summed E-state index contributed by atoms with van der Waals surface area (Å²) in [5.41, 5.74) is 0.424. The van der Waals surface area contributed by atoms with Crippen LogP contribution >= 0.6 is 0 Å². The van der Waals surface area contributed by atoms with Gasteiger partial charge in [0.25, 0.3) is 5.91 Å². The predicted molar refractivity (Wildman–Crippen MR) is 122 cm³/mol. The summed E-state index contributed by atoms with van der Waals surface area (Å²) >= 11 is 0. The molecule has 176 valence electrons. The molecule has 1 aliphatic heterocycles. The van der Waals surface area contributed by atoms with E-state index in [0.717, 1.165) is 0 Å². The number of nitrogens with one attached hydrogen (secondary N) is 1. The average Bonchev–Trinajstić information content (AvgIpc) is 2.76. The molecule has 2 aromatic rings. The fraction of sp³-hybridized carbons (Fsp3) is 0.375. The molecule has 1 saturated heterocycles. The second kappa shape index (κ2) is 10.3. The summed E-state index contributed by atoms with van der Waals surface area (Å²) in [6.07, 6.45) is -0.641. The van der Waals surface area contributed by atoms with Gasteiger partial charge in [-0.2, -0.15) is 0 Å². The van der Waals surface area contributed by atoms with E-state index < -0.39 is 24.3 Å². The standard InChI is InChI=1S/C24H28FN3O5/c1-24(2,3)33-23(31)26-18-8-6-7-17(15-18)22(30)32-16-21(29)28-13-11-27(12-14-28)20-10-5-4-9-19(20)25/h4-10,15H,11-14,16H2,1-3H3,(H,26,31). The molecule has 1 aliphatic rings. The van der Waals surface area contributed by atoms with E-state index in [9.17, 15) is 18.8 Å². The summed E-state index contributed by atoms with van der Waals surface area (Å²) in [6.45, 7) is 6.62. The second-order valence-corrected chi connectivity index (χ2v) is 8.60. The number of carbonyl (C=O) groups excluding carboxylic acids is 3. The minimum absolute atomic E-state index is 0.195. The van der Waals surface area contributed by atoms with E-state index in [1.54, 1.807) is 56.0 Å². The zero-order chi connectivity index (χ0) is 24.0. The van der Waals surface area contributed by atoms with Gasteiger partial charge in [0.1, 0.15) is 11.4 Å².